The molecule has 7 heteroatoms. The van der Waals surface area contributed by atoms with Crippen molar-refractivity contribution >= 4 is 11.4 Å². The summed E-state index contributed by atoms with van der Waals surface area (Å²) in [5.74, 6) is 2.68. The molecule has 0 aromatic heterocycles. The molecule has 0 heterocycles. The normalized spacial score (nSPS) is 35.3. The van der Waals surface area contributed by atoms with Crippen LogP contribution in [0.4, 0.5) is 11.4 Å². The van der Waals surface area contributed by atoms with Crippen molar-refractivity contribution in [1.29, 1.82) is 0 Å². The van der Waals surface area contributed by atoms with Crippen LogP contribution in [0, 0.1) is 43.9 Å². The highest BCUT2D eigenvalue weighted by Crippen LogP contribution is 2.66. The summed E-state index contributed by atoms with van der Waals surface area (Å²) in [5.41, 5.74) is -0.601. The van der Waals surface area contributed by atoms with Gasteiger partial charge in [-0.2, -0.15) is 0 Å². The van der Waals surface area contributed by atoms with Gasteiger partial charge in [0, 0.05) is 6.07 Å². The maximum absolute atomic E-state index is 11.1. The summed E-state index contributed by atoms with van der Waals surface area (Å²) in [6.45, 7) is 0. The summed E-state index contributed by atoms with van der Waals surface area (Å²) in [4.78, 5) is 20.6. The number of hydrogen-bond acceptors (Lipinski definition) is 5. The van der Waals surface area contributed by atoms with Gasteiger partial charge in [-0.1, -0.05) is 0 Å². The maximum atomic E-state index is 11.1. The molecule has 7 nitrogen and oxygen atoms in total. The molecule has 4 rings (SSSR count). The predicted octanol–water partition coefficient (Wildman–Crippen LogP) is 2.93. The van der Waals surface area contributed by atoms with E-state index in [9.17, 15) is 20.2 Å². The van der Waals surface area contributed by atoms with Gasteiger partial charge in [0.05, 0.1) is 15.9 Å². The summed E-state index contributed by atoms with van der Waals surface area (Å²) < 4.78 is 5.93. The van der Waals surface area contributed by atoms with Gasteiger partial charge in [0.25, 0.3) is 5.69 Å². The van der Waals surface area contributed by atoms with Gasteiger partial charge in [-0.15, -0.1) is 0 Å². The second-order valence-electron chi connectivity index (χ2n) is 6.22. The SMILES string of the molecule is O=[N+]([O-])c1ccc(O[C@H]2[C@@H]3CC[C@@H]3[C@H]3C[C@H]32)c([N+](=O)[O-])c1. The lowest BCUT2D eigenvalue weighted by molar-refractivity contribution is -0.394. The fourth-order valence-electron chi connectivity index (χ4n) is 4.10. The van der Waals surface area contributed by atoms with Crippen molar-refractivity contribution < 1.29 is 14.6 Å². The van der Waals surface area contributed by atoms with Crippen LogP contribution in [0.2, 0.25) is 0 Å². The average Bonchev–Trinajstić information content (AvgIpc) is 3.12. The molecule has 3 aliphatic rings. The van der Waals surface area contributed by atoms with Gasteiger partial charge in [0.15, 0.2) is 5.75 Å². The molecule has 1 aromatic carbocycles. The quantitative estimate of drug-likeness (QED) is 0.627. The molecule has 0 unspecified atom stereocenters. The second-order valence-corrected chi connectivity index (χ2v) is 6.22. The Labute approximate surface area is 120 Å². The Morgan fingerprint density at radius 2 is 1.76 bits per heavy atom. The third kappa shape index (κ3) is 1.80. The molecule has 0 N–H and O–H groups in total. The van der Waals surface area contributed by atoms with Crippen molar-refractivity contribution in [3.63, 3.8) is 0 Å². The molecule has 3 fully saturated rings. The summed E-state index contributed by atoms with van der Waals surface area (Å²) in [6, 6.07) is 3.60. The van der Waals surface area contributed by atoms with Crippen molar-refractivity contribution in [1.82, 2.24) is 0 Å². The largest absolute Gasteiger partial charge is 0.483 e. The Bertz CT molecular complexity index is 646. The number of rotatable bonds is 4. The topological polar surface area (TPSA) is 95.5 Å². The number of fused-ring (bicyclic) bond motifs is 3. The van der Waals surface area contributed by atoms with Gasteiger partial charge in [-0.3, -0.25) is 20.2 Å². The van der Waals surface area contributed by atoms with E-state index < -0.39 is 9.85 Å². The van der Waals surface area contributed by atoms with E-state index in [-0.39, 0.29) is 23.2 Å². The highest BCUT2D eigenvalue weighted by atomic mass is 16.6. The Morgan fingerprint density at radius 3 is 2.33 bits per heavy atom. The Hall–Kier alpha value is -2.18. The van der Waals surface area contributed by atoms with E-state index in [2.05, 4.69) is 0 Å². The van der Waals surface area contributed by atoms with Crippen LogP contribution >= 0.6 is 0 Å². The summed E-state index contributed by atoms with van der Waals surface area (Å²) >= 11 is 0. The third-order valence-electron chi connectivity index (χ3n) is 5.28. The van der Waals surface area contributed by atoms with Crippen LogP contribution in [0.25, 0.3) is 0 Å². The fourth-order valence-corrected chi connectivity index (χ4v) is 4.10. The first kappa shape index (κ1) is 12.6. The highest BCUT2D eigenvalue weighted by Gasteiger charge is 2.64. The number of nitro benzene ring substituents is 2. The summed E-state index contributed by atoms with van der Waals surface area (Å²) in [7, 11) is 0. The van der Waals surface area contributed by atoms with Crippen LogP contribution in [0.15, 0.2) is 18.2 Å². The van der Waals surface area contributed by atoms with E-state index in [1.54, 1.807) is 0 Å². The molecule has 0 aliphatic heterocycles. The summed E-state index contributed by atoms with van der Waals surface area (Å²) in [6.07, 6.45) is 3.58. The molecule has 5 atom stereocenters. The zero-order valence-corrected chi connectivity index (χ0v) is 11.2. The Morgan fingerprint density at radius 1 is 1.00 bits per heavy atom. The minimum Gasteiger partial charge on any atom is -0.483 e. The van der Waals surface area contributed by atoms with Crippen LogP contribution < -0.4 is 4.74 Å². The van der Waals surface area contributed by atoms with Crippen LogP contribution in [-0.2, 0) is 0 Å². The lowest BCUT2D eigenvalue weighted by atomic mass is 9.72. The van der Waals surface area contributed by atoms with Crippen molar-refractivity contribution in [2.24, 2.45) is 23.7 Å². The van der Waals surface area contributed by atoms with E-state index in [1.165, 1.54) is 18.6 Å². The lowest BCUT2D eigenvalue weighted by Crippen LogP contribution is -2.35. The smallest absolute Gasteiger partial charge is 0.317 e. The maximum Gasteiger partial charge on any atom is 0.317 e. The van der Waals surface area contributed by atoms with Gasteiger partial charge in [-0.25, -0.2) is 0 Å². The molecule has 0 spiro atoms. The molecular weight excluding hydrogens is 276 g/mol. The van der Waals surface area contributed by atoms with Gasteiger partial charge in [0.2, 0.25) is 0 Å². The molecule has 110 valence electrons. The molecule has 0 radical (unpaired) electrons. The molecule has 3 aliphatic carbocycles. The Balaban J connectivity index is 1.62. The fraction of sp³-hybridized carbons (Fsp3) is 0.571. The van der Waals surface area contributed by atoms with Crippen molar-refractivity contribution in [2.75, 3.05) is 0 Å². The first-order valence-electron chi connectivity index (χ1n) is 7.16. The van der Waals surface area contributed by atoms with E-state index in [1.807, 2.05) is 0 Å². The van der Waals surface area contributed by atoms with Gasteiger partial charge < -0.3 is 4.74 Å². The van der Waals surface area contributed by atoms with E-state index >= 15 is 0 Å². The summed E-state index contributed by atoms with van der Waals surface area (Å²) in [5, 5.41) is 21.9. The molecule has 1 aromatic rings. The lowest BCUT2D eigenvalue weighted by Gasteiger charge is -2.36. The third-order valence-corrected chi connectivity index (χ3v) is 5.28. The number of nitro groups is 2. The van der Waals surface area contributed by atoms with Crippen molar-refractivity contribution in [3.8, 4) is 5.75 Å². The van der Waals surface area contributed by atoms with E-state index in [4.69, 9.17) is 4.74 Å². The van der Waals surface area contributed by atoms with E-state index in [0.29, 0.717) is 11.8 Å². The minimum absolute atomic E-state index is 0.0499. The van der Waals surface area contributed by atoms with Crippen LogP contribution in [0.5, 0.6) is 5.75 Å². The van der Waals surface area contributed by atoms with Crippen LogP contribution in [0.1, 0.15) is 19.3 Å². The zero-order chi connectivity index (χ0) is 14.7. The minimum atomic E-state index is -0.634. The predicted molar refractivity (Wildman–Crippen MR) is 72.0 cm³/mol. The molecule has 21 heavy (non-hydrogen) atoms. The van der Waals surface area contributed by atoms with Gasteiger partial charge in [0.1, 0.15) is 6.10 Å². The average molecular weight is 290 g/mol. The molecular formula is C14H14N2O5. The standard InChI is InChI=1S/C14H14N2O5/c17-15(18)7-1-4-13(12(5-7)16(19)20)21-14-9-3-2-8(9)10-6-11(10)14/h1,4-5,8-11,14H,2-3,6H2/t8-,9+,10+,11+,14-/m0/s1. The zero-order valence-electron chi connectivity index (χ0n) is 11.2. The number of non-ortho nitro benzene ring substituents is 1. The van der Waals surface area contributed by atoms with Gasteiger partial charge in [-0.05, 0) is 49.0 Å². The first-order chi connectivity index (χ1) is 10.1. The monoisotopic (exact) mass is 290 g/mol. The number of nitrogens with zero attached hydrogens (tertiary/aromatic N) is 2. The molecule has 0 saturated heterocycles. The molecule has 0 amide bonds. The van der Waals surface area contributed by atoms with E-state index in [0.717, 1.165) is 30.7 Å². The second kappa shape index (κ2) is 4.16. The number of ether oxygens (including phenoxy) is 1. The Kier molecular flexibility index (Phi) is 2.49. The van der Waals surface area contributed by atoms with Crippen LogP contribution in [0.3, 0.4) is 0 Å². The van der Waals surface area contributed by atoms with Crippen molar-refractivity contribution in [2.45, 2.75) is 25.4 Å². The first-order valence-corrected chi connectivity index (χ1v) is 7.16. The highest BCUT2D eigenvalue weighted by molar-refractivity contribution is 5.53. The molecule has 3 saturated carbocycles. The molecule has 0 bridgehead atoms. The van der Waals surface area contributed by atoms with Gasteiger partial charge >= 0.3 is 5.69 Å². The number of hydrogen-bond donors (Lipinski definition) is 0. The number of benzene rings is 1. The van der Waals surface area contributed by atoms with Crippen molar-refractivity contribution in [3.05, 3.63) is 38.4 Å². The van der Waals surface area contributed by atoms with Crippen LogP contribution in [-0.4, -0.2) is 16.0 Å².